The van der Waals surface area contributed by atoms with Crippen LogP contribution in [-0.4, -0.2) is 15.6 Å². The van der Waals surface area contributed by atoms with Gasteiger partial charge in [-0.15, -0.1) is 11.3 Å². The van der Waals surface area contributed by atoms with Crippen LogP contribution in [0.2, 0.25) is 0 Å². The molecule has 0 fully saturated rings. The van der Waals surface area contributed by atoms with Gasteiger partial charge >= 0.3 is 0 Å². The Morgan fingerprint density at radius 1 is 1.04 bits per heavy atom. The van der Waals surface area contributed by atoms with E-state index < -0.39 is 0 Å². The monoisotopic (exact) mass is 360 g/mol. The number of para-hydroxylation sites is 1. The molecule has 4 rings (SSSR count). The molecule has 2 aromatic heterocycles. The molecule has 130 valence electrons. The number of benzene rings is 2. The number of anilines is 1. The number of aromatic nitrogens is 2. The van der Waals surface area contributed by atoms with E-state index in [0.29, 0.717) is 6.54 Å². The summed E-state index contributed by atoms with van der Waals surface area (Å²) < 4.78 is 2.16. The molecule has 2 aromatic carbocycles. The van der Waals surface area contributed by atoms with Gasteiger partial charge in [-0.1, -0.05) is 48.5 Å². The Morgan fingerprint density at radius 2 is 1.73 bits per heavy atom. The van der Waals surface area contributed by atoms with Crippen molar-refractivity contribution in [1.29, 1.82) is 0 Å². The molecule has 26 heavy (non-hydrogen) atoms. The maximum Gasteiger partial charge on any atom is 0.194 e. The molecule has 2 heterocycles. The molecule has 0 spiro atoms. The zero-order valence-corrected chi connectivity index (χ0v) is 15.6. The first-order valence-corrected chi connectivity index (χ1v) is 9.44. The summed E-state index contributed by atoms with van der Waals surface area (Å²) in [7, 11) is 0. The van der Waals surface area contributed by atoms with Gasteiger partial charge in [0.1, 0.15) is 0 Å². The van der Waals surface area contributed by atoms with Gasteiger partial charge in [0.15, 0.2) is 4.96 Å². The average Bonchev–Trinajstić information content (AvgIpc) is 3.19. The van der Waals surface area contributed by atoms with Crippen molar-refractivity contribution in [3.05, 3.63) is 88.7 Å². The lowest BCUT2D eigenvalue weighted by Crippen LogP contribution is -2.16. The Kier molecular flexibility index (Phi) is 4.54. The molecule has 0 radical (unpaired) electrons. The Bertz CT molecular complexity index is 1030. The molecule has 4 aromatic rings. The number of nitrogens with zero attached hydrogens (tertiary/aromatic N) is 4. The number of thiazole rings is 1. The predicted octanol–water partition coefficient (Wildman–Crippen LogP) is 5.05. The van der Waals surface area contributed by atoms with E-state index in [1.807, 2.05) is 42.4 Å². The molecular weight excluding hydrogens is 340 g/mol. The van der Waals surface area contributed by atoms with Gasteiger partial charge in [-0.25, -0.2) is 4.98 Å². The minimum Gasteiger partial charge on any atom is -0.286 e. The highest BCUT2D eigenvalue weighted by Crippen LogP contribution is 2.21. The molecule has 0 unspecified atom stereocenters. The number of hydrogen-bond donors (Lipinski definition) is 0. The van der Waals surface area contributed by atoms with Crippen LogP contribution in [0.5, 0.6) is 0 Å². The Balaban J connectivity index is 1.71. The average molecular weight is 360 g/mol. The summed E-state index contributed by atoms with van der Waals surface area (Å²) in [6.45, 7) is 4.84. The van der Waals surface area contributed by atoms with E-state index in [1.54, 1.807) is 11.3 Å². The largest absolute Gasteiger partial charge is 0.286 e. The van der Waals surface area contributed by atoms with E-state index in [9.17, 15) is 0 Å². The van der Waals surface area contributed by atoms with Crippen LogP contribution in [0.25, 0.3) is 4.96 Å². The summed E-state index contributed by atoms with van der Waals surface area (Å²) in [6, 6.07) is 20.6. The van der Waals surface area contributed by atoms with Crippen LogP contribution in [0, 0.1) is 13.8 Å². The molecule has 4 nitrogen and oxygen atoms in total. The fraction of sp³-hybridized carbons (Fsp3) is 0.143. The molecule has 0 aliphatic rings. The summed E-state index contributed by atoms with van der Waals surface area (Å²) in [5.41, 5.74) is 5.49. The minimum absolute atomic E-state index is 0.713. The zero-order valence-electron chi connectivity index (χ0n) is 14.8. The van der Waals surface area contributed by atoms with Crippen LogP contribution in [0.3, 0.4) is 0 Å². The number of fused-ring (bicyclic) bond motifs is 1. The van der Waals surface area contributed by atoms with E-state index in [4.69, 9.17) is 5.10 Å². The van der Waals surface area contributed by atoms with Crippen molar-refractivity contribution in [3.8, 4) is 0 Å². The van der Waals surface area contributed by atoms with Gasteiger partial charge in [-0.3, -0.25) is 9.41 Å². The predicted molar refractivity (Wildman–Crippen MR) is 109 cm³/mol. The molecule has 0 atom stereocenters. The molecule has 0 saturated heterocycles. The van der Waals surface area contributed by atoms with Gasteiger partial charge in [-0.2, -0.15) is 5.10 Å². The van der Waals surface area contributed by atoms with Crippen molar-refractivity contribution in [2.45, 2.75) is 20.4 Å². The second-order valence-electron chi connectivity index (χ2n) is 6.20. The maximum absolute atomic E-state index is 4.82. The number of hydrogen-bond acceptors (Lipinski definition) is 4. The Morgan fingerprint density at radius 3 is 2.46 bits per heavy atom. The first-order chi connectivity index (χ1) is 12.7. The highest BCUT2D eigenvalue weighted by Gasteiger charge is 2.11. The third kappa shape index (κ3) is 3.26. The van der Waals surface area contributed by atoms with E-state index in [-0.39, 0.29) is 0 Å². The van der Waals surface area contributed by atoms with E-state index in [2.05, 4.69) is 58.1 Å². The van der Waals surface area contributed by atoms with Crippen LogP contribution in [-0.2, 0) is 6.54 Å². The summed E-state index contributed by atoms with van der Waals surface area (Å²) in [5.74, 6) is 0. The number of rotatable bonds is 5. The summed E-state index contributed by atoms with van der Waals surface area (Å²) in [4.78, 5) is 5.65. The quantitative estimate of drug-likeness (QED) is 0.368. The minimum atomic E-state index is 0.713. The summed E-state index contributed by atoms with van der Waals surface area (Å²) in [6.07, 6.45) is 1.92. The van der Waals surface area contributed by atoms with Crippen molar-refractivity contribution in [2.24, 2.45) is 5.10 Å². The smallest absolute Gasteiger partial charge is 0.194 e. The SMILES string of the molecule is Cc1nc2scc(C)n2c1/C=N/N(Cc1ccccc1)c1ccccc1. The van der Waals surface area contributed by atoms with Gasteiger partial charge in [0.2, 0.25) is 0 Å². The first-order valence-electron chi connectivity index (χ1n) is 8.56. The Labute approximate surface area is 157 Å². The van der Waals surface area contributed by atoms with Crippen molar-refractivity contribution in [2.75, 3.05) is 5.01 Å². The van der Waals surface area contributed by atoms with Crippen LogP contribution in [0.1, 0.15) is 22.6 Å². The van der Waals surface area contributed by atoms with Gasteiger partial charge < -0.3 is 0 Å². The van der Waals surface area contributed by atoms with Crippen LogP contribution in [0.15, 0.2) is 71.1 Å². The molecule has 0 saturated carbocycles. The molecule has 0 amide bonds. The van der Waals surface area contributed by atoms with Crippen molar-refractivity contribution >= 4 is 28.2 Å². The second kappa shape index (κ2) is 7.14. The number of aryl methyl sites for hydroxylation is 2. The van der Waals surface area contributed by atoms with E-state index in [1.165, 1.54) is 11.3 Å². The van der Waals surface area contributed by atoms with Gasteiger partial charge in [0.25, 0.3) is 0 Å². The third-order valence-electron chi connectivity index (χ3n) is 4.30. The number of imidazole rings is 1. The highest BCUT2D eigenvalue weighted by atomic mass is 32.1. The molecule has 5 heteroatoms. The maximum atomic E-state index is 4.82. The van der Waals surface area contributed by atoms with Gasteiger partial charge in [-0.05, 0) is 31.5 Å². The normalized spacial score (nSPS) is 11.5. The molecular formula is C21H20N4S. The van der Waals surface area contributed by atoms with Crippen LogP contribution < -0.4 is 5.01 Å². The van der Waals surface area contributed by atoms with Gasteiger partial charge in [0.05, 0.1) is 29.8 Å². The fourth-order valence-corrected chi connectivity index (χ4v) is 3.88. The van der Waals surface area contributed by atoms with Crippen molar-refractivity contribution < 1.29 is 0 Å². The van der Waals surface area contributed by atoms with Crippen molar-refractivity contribution in [3.63, 3.8) is 0 Å². The second-order valence-corrected chi connectivity index (χ2v) is 7.04. The molecule has 0 aliphatic heterocycles. The lowest BCUT2D eigenvalue weighted by Gasteiger charge is -2.19. The Hall–Kier alpha value is -2.92. The fourth-order valence-electron chi connectivity index (χ4n) is 2.96. The molecule has 0 aliphatic carbocycles. The number of hydrazone groups is 1. The zero-order chi connectivity index (χ0) is 17.9. The van der Waals surface area contributed by atoms with E-state index >= 15 is 0 Å². The third-order valence-corrected chi connectivity index (χ3v) is 5.25. The lowest BCUT2D eigenvalue weighted by atomic mass is 10.2. The summed E-state index contributed by atoms with van der Waals surface area (Å²) >= 11 is 1.66. The van der Waals surface area contributed by atoms with Crippen LogP contribution in [0.4, 0.5) is 5.69 Å². The lowest BCUT2D eigenvalue weighted by molar-refractivity contribution is 0.857. The first kappa shape index (κ1) is 16.5. The van der Waals surface area contributed by atoms with Gasteiger partial charge in [0, 0.05) is 11.1 Å². The standard InChI is InChI=1S/C21H20N4S/c1-16-15-26-21-23-17(2)20(25(16)21)13-22-24(19-11-7-4-8-12-19)14-18-9-5-3-6-10-18/h3-13,15H,14H2,1-2H3/b22-13+. The van der Waals surface area contributed by atoms with E-state index in [0.717, 1.165) is 22.0 Å². The molecule has 0 N–H and O–H groups in total. The molecule has 0 bridgehead atoms. The summed E-state index contributed by atoms with van der Waals surface area (Å²) in [5, 5.41) is 8.96. The topological polar surface area (TPSA) is 32.9 Å². The van der Waals surface area contributed by atoms with Crippen LogP contribution >= 0.6 is 11.3 Å². The highest BCUT2D eigenvalue weighted by molar-refractivity contribution is 7.15. The van der Waals surface area contributed by atoms with Crippen molar-refractivity contribution in [1.82, 2.24) is 9.38 Å².